The van der Waals surface area contributed by atoms with Crippen LogP contribution in [0.15, 0.2) is 30.3 Å². The van der Waals surface area contributed by atoms with E-state index < -0.39 is 6.10 Å². The van der Waals surface area contributed by atoms with Crippen molar-refractivity contribution in [2.75, 3.05) is 0 Å². The number of benzene rings is 1. The largest absolute Gasteiger partial charge is 0.386 e. The van der Waals surface area contributed by atoms with Crippen molar-refractivity contribution in [3.05, 3.63) is 35.9 Å². The maximum absolute atomic E-state index is 11.5. The molecule has 1 aromatic rings. The predicted molar refractivity (Wildman–Crippen MR) is 61.7 cm³/mol. The Morgan fingerprint density at radius 3 is 2.56 bits per heavy atom. The summed E-state index contributed by atoms with van der Waals surface area (Å²) in [4.78, 5) is 11.5. The van der Waals surface area contributed by atoms with Crippen LogP contribution in [0.25, 0.3) is 0 Å². The van der Waals surface area contributed by atoms with Gasteiger partial charge in [0.25, 0.3) is 0 Å². The van der Waals surface area contributed by atoms with Gasteiger partial charge in [-0.05, 0) is 25.3 Å². The van der Waals surface area contributed by atoms with Crippen molar-refractivity contribution in [1.82, 2.24) is 5.32 Å². The molecule has 2 N–H and O–H groups in total. The highest BCUT2D eigenvalue weighted by molar-refractivity contribution is 5.81. The zero-order valence-corrected chi connectivity index (χ0v) is 9.39. The maximum atomic E-state index is 11.5. The monoisotopic (exact) mass is 219 g/mol. The van der Waals surface area contributed by atoms with E-state index in [1.54, 1.807) is 0 Å². The third-order valence-corrected chi connectivity index (χ3v) is 2.93. The molecule has 1 aliphatic carbocycles. The van der Waals surface area contributed by atoms with Gasteiger partial charge in [-0.3, -0.25) is 4.79 Å². The van der Waals surface area contributed by atoms with E-state index in [1.807, 2.05) is 37.3 Å². The lowest BCUT2D eigenvalue weighted by Gasteiger charge is -2.20. The number of carbonyl (C=O) groups excluding carboxylic acids is 1. The van der Waals surface area contributed by atoms with Crippen LogP contribution < -0.4 is 5.32 Å². The van der Waals surface area contributed by atoms with Crippen LogP contribution in [-0.2, 0) is 4.79 Å². The highest BCUT2D eigenvalue weighted by Gasteiger charge is 2.31. The molecule has 1 amide bonds. The summed E-state index contributed by atoms with van der Waals surface area (Å²) in [6.07, 6.45) is 1.34. The van der Waals surface area contributed by atoms with Crippen LogP contribution in [0.2, 0.25) is 0 Å². The second-order valence-corrected chi connectivity index (χ2v) is 4.43. The van der Waals surface area contributed by atoms with Crippen LogP contribution in [0.4, 0.5) is 0 Å². The van der Waals surface area contributed by atoms with Crippen LogP contribution >= 0.6 is 0 Å². The van der Waals surface area contributed by atoms with Crippen molar-refractivity contribution < 1.29 is 9.90 Å². The second-order valence-electron chi connectivity index (χ2n) is 4.43. The number of hydrogen-bond donors (Lipinski definition) is 2. The molecule has 0 spiro atoms. The Kier molecular flexibility index (Phi) is 3.25. The van der Waals surface area contributed by atoms with E-state index in [2.05, 4.69) is 5.32 Å². The van der Waals surface area contributed by atoms with Crippen molar-refractivity contribution in [2.45, 2.75) is 31.9 Å². The number of aliphatic hydroxyl groups excluding tert-OH is 1. The fourth-order valence-electron chi connectivity index (χ4n) is 1.71. The highest BCUT2D eigenvalue weighted by atomic mass is 16.3. The first-order chi connectivity index (χ1) is 7.68. The van der Waals surface area contributed by atoms with Gasteiger partial charge in [0.2, 0.25) is 5.91 Å². The van der Waals surface area contributed by atoms with Gasteiger partial charge < -0.3 is 10.4 Å². The molecule has 3 nitrogen and oxygen atoms in total. The molecule has 16 heavy (non-hydrogen) atoms. The molecule has 1 aliphatic rings. The summed E-state index contributed by atoms with van der Waals surface area (Å²) in [6, 6.07) is 9.16. The van der Waals surface area contributed by atoms with Crippen LogP contribution in [0.1, 0.15) is 31.4 Å². The van der Waals surface area contributed by atoms with Gasteiger partial charge in [-0.15, -0.1) is 0 Å². The van der Waals surface area contributed by atoms with E-state index in [-0.39, 0.29) is 17.9 Å². The number of nitrogens with one attached hydrogen (secondary N) is 1. The Morgan fingerprint density at radius 2 is 2.00 bits per heavy atom. The molecule has 0 radical (unpaired) electrons. The van der Waals surface area contributed by atoms with Crippen LogP contribution in [-0.4, -0.2) is 17.1 Å². The van der Waals surface area contributed by atoms with Crippen LogP contribution in [0.5, 0.6) is 0 Å². The van der Waals surface area contributed by atoms with Gasteiger partial charge in [0.1, 0.15) is 0 Å². The normalized spacial score (nSPS) is 18.9. The van der Waals surface area contributed by atoms with Gasteiger partial charge in [0.05, 0.1) is 12.1 Å². The molecule has 1 saturated carbocycles. The molecular formula is C13H17NO2. The Labute approximate surface area is 95.5 Å². The number of hydrogen-bond acceptors (Lipinski definition) is 2. The van der Waals surface area contributed by atoms with Gasteiger partial charge in [-0.25, -0.2) is 0 Å². The molecule has 0 bridgehead atoms. The summed E-state index contributed by atoms with van der Waals surface area (Å²) < 4.78 is 0. The summed E-state index contributed by atoms with van der Waals surface area (Å²) >= 11 is 0. The molecule has 2 unspecified atom stereocenters. The SMILES string of the molecule is CC(NC(=O)C1CC1)C(O)c1ccccc1. The van der Waals surface area contributed by atoms with Crippen LogP contribution in [0.3, 0.4) is 0 Å². The molecule has 0 aromatic heterocycles. The number of aliphatic hydroxyl groups is 1. The summed E-state index contributed by atoms with van der Waals surface area (Å²) in [6.45, 7) is 1.83. The Hall–Kier alpha value is -1.35. The zero-order chi connectivity index (χ0) is 11.5. The fraction of sp³-hybridized carbons (Fsp3) is 0.462. The summed E-state index contributed by atoms with van der Waals surface area (Å²) in [5.41, 5.74) is 0.839. The fourth-order valence-corrected chi connectivity index (χ4v) is 1.71. The smallest absolute Gasteiger partial charge is 0.223 e. The average molecular weight is 219 g/mol. The minimum atomic E-state index is -0.635. The minimum absolute atomic E-state index is 0.0717. The topological polar surface area (TPSA) is 49.3 Å². The summed E-state index contributed by atoms with van der Waals surface area (Å²) in [5, 5.41) is 12.9. The molecule has 1 aromatic carbocycles. The molecule has 0 aliphatic heterocycles. The van der Waals surface area contributed by atoms with Crippen molar-refractivity contribution in [3.8, 4) is 0 Å². The van der Waals surface area contributed by atoms with Gasteiger partial charge in [-0.1, -0.05) is 30.3 Å². The number of amides is 1. The molecule has 1 fully saturated rings. The van der Waals surface area contributed by atoms with E-state index in [9.17, 15) is 9.90 Å². The van der Waals surface area contributed by atoms with Crippen molar-refractivity contribution in [1.29, 1.82) is 0 Å². The molecule has 2 rings (SSSR count). The van der Waals surface area contributed by atoms with E-state index in [0.29, 0.717) is 0 Å². The minimum Gasteiger partial charge on any atom is -0.386 e. The van der Waals surface area contributed by atoms with Gasteiger partial charge in [0, 0.05) is 5.92 Å². The third-order valence-electron chi connectivity index (χ3n) is 2.93. The van der Waals surface area contributed by atoms with Crippen molar-refractivity contribution in [2.24, 2.45) is 5.92 Å². The number of rotatable bonds is 4. The first-order valence-electron chi connectivity index (χ1n) is 5.72. The highest BCUT2D eigenvalue weighted by Crippen LogP contribution is 2.29. The molecule has 3 heteroatoms. The number of carbonyl (C=O) groups is 1. The van der Waals surface area contributed by atoms with Crippen molar-refractivity contribution >= 4 is 5.91 Å². The first-order valence-corrected chi connectivity index (χ1v) is 5.72. The van der Waals surface area contributed by atoms with E-state index in [4.69, 9.17) is 0 Å². The Balaban J connectivity index is 1.93. The molecule has 0 saturated heterocycles. The second kappa shape index (κ2) is 4.66. The summed E-state index contributed by atoms with van der Waals surface area (Å²) in [7, 11) is 0. The lowest BCUT2D eigenvalue weighted by Crippen LogP contribution is -2.37. The standard InChI is InChI=1S/C13H17NO2/c1-9(14-13(16)11-7-8-11)12(15)10-5-3-2-4-6-10/h2-6,9,11-12,15H,7-8H2,1H3,(H,14,16). The summed E-state index contributed by atoms with van der Waals surface area (Å²) in [5.74, 6) is 0.257. The maximum Gasteiger partial charge on any atom is 0.223 e. The van der Waals surface area contributed by atoms with E-state index in [1.165, 1.54) is 0 Å². The zero-order valence-electron chi connectivity index (χ0n) is 9.39. The van der Waals surface area contributed by atoms with Crippen molar-refractivity contribution in [3.63, 3.8) is 0 Å². The van der Waals surface area contributed by atoms with Crippen LogP contribution in [0, 0.1) is 5.92 Å². The predicted octanol–water partition coefficient (Wildman–Crippen LogP) is 1.63. The molecular weight excluding hydrogens is 202 g/mol. The lowest BCUT2D eigenvalue weighted by molar-refractivity contribution is -0.123. The first kappa shape index (κ1) is 11.1. The van der Waals surface area contributed by atoms with Gasteiger partial charge in [-0.2, -0.15) is 0 Å². The average Bonchev–Trinajstić information content (AvgIpc) is 3.13. The quantitative estimate of drug-likeness (QED) is 0.808. The van der Waals surface area contributed by atoms with E-state index in [0.717, 1.165) is 18.4 Å². The lowest BCUT2D eigenvalue weighted by atomic mass is 10.0. The van der Waals surface area contributed by atoms with E-state index >= 15 is 0 Å². The molecule has 86 valence electrons. The Morgan fingerprint density at radius 1 is 1.38 bits per heavy atom. The van der Waals surface area contributed by atoms with Gasteiger partial charge in [0.15, 0.2) is 0 Å². The third kappa shape index (κ3) is 2.61. The molecule has 0 heterocycles. The van der Waals surface area contributed by atoms with Gasteiger partial charge >= 0.3 is 0 Å². The Bertz CT molecular complexity index is 359. The molecule has 2 atom stereocenters.